The molecule has 0 N–H and O–H groups in total. The third-order valence-corrected chi connectivity index (χ3v) is 8.47. The Morgan fingerprint density at radius 3 is 2.62 bits per heavy atom. The molecular weight excluding hydrogens is 518 g/mol. The molecule has 0 aliphatic carbocycles. The Bertz CT molecular complexity index is 1610. The standard InChI is InChI=1S/C26H20F2N4O3S2/c1-31-24-7-6-20(12-21(24)22(26(31)33)13-25-30-9-10-36-25)37(34,35)32(15-17-3-2-8-29-14-17)16-18-4-5-19(27)11-23(18)28/h2-14H,15-16H2,1H3/b22-13+. The molecule has 1 aliphatic rings. The molecule has 0 saturated carbocycles. The first kappa shape index (κ1) is 24.9. The first-order chi connectivity index (χ1) is 17.7. The summed E-state index contributed by atoms with van der Waals surface area (Å²) in [5.74, 6) is -1.88. The van der Waals surface area contributed by atoms with Gasteiger partial charge in [0, 0.05) is 61.3 Å². The van der Waals surface area contributed by atoms with Crippen LogP contribution in [0.5, 0.6) is 0 Å². The monoisotopic (exact) mass is 538 g/mol. The van der Waals surface area contributed by atoms with Gasteiger partial charge in [0.2, 0.25) is 10.0 Å². The van der Waals surface area contributed by atoms with Crippen molar-refractivity contribution < 1.29 is 22.0 Å². The van der Waals surface area contributed by atoms with E-state index in [2.05, 4.69) is 9.97 Å². The van der Waals surface area contributed by atoms with Crippen molar-refractivity contribution in [2.75, 3.05) is 11.9 Å². The average Bonchev–Trinajstić information content (AvgIpc) is 3.48. The summed E-state index contributed by atoms with van der Waals surface area (Å²) in [4.78, 5) is 22.5. The van der Waals surface area contributed by atoms with Crippen molar-refractivity contribution in [1.82, 2.24) is 14.3 Å². The molecule has 0 unspecified atom stereocenters. The van der Waals surface area contributed by atoms with Crippen molar-refractivity contribution in [1.29, 1.82) is 0 Å². The maximum absolute atomic E-state index is 14.5. The molecule has 0 atom stereocenters. The van der Waals surface area contributed by atoms with E-state index in [1.807, 2.05) is 0 Å². The number of thiazole rings is 1. The van der Waals surface area contributed by atoms with E-state index in [1.165, 1.54) is 40.6 Å². The molecule has 7 nitrogen and oxygen atoms in total. The van der Waals surface area contributed by atoms with Crippen molar-refractivity contribution in [2.24, 2.45) is 0 Å². The van der Waals surface area contributed by atoms with Gasteiger partial charge in [-0.25, -0.2) is 22.2 Å². The highest BCUT2D eigenvalue weighted by molar-refractivity contribution is 7.89. The lowest BCUT2D eigenvalue weighted by molar-refractivity contribution is -0.112. The average molecular weight is 539 g/mol. The van der Waals surface area contributed by atoms with Crippen LogP contribution < -0.4 is 4.90 Å². The quantitative estimate of drug-likeness (QED) is 0.318. The highest BCUT2D eigenvalue weighted by Crippen LogP contribution is 2.39. The van der Waals surface area contributed by atoms with Crippen molar-refractivity contribution in [3.8, 4) is 0 Å². The topological polar surface area (TPSA) is 83.5 Å². The molecule has 0 saturated heterocycles. The number of aromatic nitrogens is 2. The van der Waals surface area contributed by atoms with Crippen LogP contribution in [-0.4, -0.2) is 35.6 Å². The minimum absolute atomic E-state index is 0.0225. The molecule has 5 rings (SSSR count). The second-order valence-corrected chi connectivity index (χ2v) is 11.2. The van der Waals surface area contributed by atoms with Crippen LogP contribution in [-0.2, 0) is 27.9 Å². The zero-order chi connectivity index (χ0) is 26.2. The van der Waals surface area contributed by atoms with Crippen molar-refractivity contribution in [3.63, 3.8) is 0 Å². The van der Waals surface area contributed by atoms with Crippen molar-refractivity contribution in [3.05, 3.63) is 106 Å². The van der Waals surface area contributed by atoms with E-state index in [9.17, 15) is 22.0 Å². The van der Waals surface area contributed by atoms with Gasteiger partial charge in [0.1, 0.15) is 16.6 Å². The van der Waals surface area contributed by atoms with Crippen LogP contribution in [0.15, 0.2) is 77.4 Å². The summed E-state index contributed by atoms with van der Waals surface area (Å²) in [7, 11) is -2.58. The summed E-state index contributed by atoms with van der Waals surface area (Å²) in [6.07, 6.45) is 6.33. The van der Waals surface area contributed by atoms with E-state index in [4.69, 9.17) is 0 Å². The van der Waals surface area contributed by atoms with Gasteiger partial charge in [-0.3, -0.25) is 9.78 Å². The van der Waals surface area contributed by atoms with Gasteiger partial charge in [-0.2, -0.15) is 4.31 Å². The Kier molecular flexibility index (Phi) is 6.67. The van der Waals surface area contributed by atoms with Crippen molar-refractivity contribution >= 4 is 44.6 Å². The molecule has 37 heavy (non-hydrogen) atoms. The Morgan fingerprint density at radius 2 is 1.92 bits per heavy atom. The largest absolute Gasteiger partial charge is 0.311 e. The Morgan fingerprint density at radius 1 is 1.08 bits per heavy atom. The molecule has 0 radical (unpaired) electrons. The summed E-state index contributed by atoms with van der Waals surface area (Å²) in [5, 5.41) is 2.39. The van der Waals surface area contributed by atoms with E-state index in [-0.39, 0.29) is 29.5 Å². The van der Waals surface area contributed by atoms with Gasteiger partial charge in [-0.15, -0.1) is 11.3 Å². The summed E-state index contributed by atoms with van der Waals surface area (Å²) >= 11 is 1.35. The first-order valence-electron chi connectivity index (χ1n) is 11.1. The number of carbonyl (C=O) groups is 1. The Balaban J connectivity index is 1.57. The van der Waals surface area contributed by atoms with E-state index >= 15 is 0 Å². The van der Waals surface area contributed by atoms with Crippen LogP contribution >= 0.6 is 11.3 Å². The van der Waals surface area contributed by atoms with E-state index < -0.39 is 21.7 Å². The zero-order valence-corrected chi connectivity index (χ0v) is 21.1. The number of hydrogen-bond acceptors (Lipinski definition) is 6. The SMILES string of the molecule is CN1C(=O)/C(=C/c2nccs2)c2cc(S(=O)(=O)N(Cc3cccnc3)Cc3ccc(F)cc3F)ccc21. The minimum atomic E-state index is -4.19. The van der Waals surface area contributed by atoms with Crippen LogP contribution in [0.3, 0.4) is 0 Å². The third-order valence-electron chi connectivity index (χ3n) is 5.96. The number of carbonyl (C=O) groups excluding carboxylic acids is 1. The number of sulfonamides is 1. The number of benzene rings is 2. The number of pyridine rings is 1. The smallest absolute Gasteiger partial charge is 0.258 e. The van der Waals surface area contributed by atoms with E-state index in [0.29, 0.717) is 27.4 Å². The molecule has 4 aromatic rings. The fourth-order valence-electron chi connectivity index (χ4n) is 4.07. The molecule has 3 heterocycles. The van der Waals surface area contributed by atoms with Crippen LogP contribution in [0.2, 0.25) is 0 Å². The molecule has 0 fully saturated rings. The Labute approximate surface area is 216 Å². The van der Waals surface area contributed by atoms with Gasteiger partial charge in [0.25, 0.3) is 5.91 Å². The lowest BCUT2D eigenvalue weighted by atomic mass is 10.1. The maximum atomic E-state index is 14.5. The van der Waals surface area contributed by atoms with Gasteiger partial charge in [0.15, 0.2) is 0 Å². The number of rotatable bonds is 7. The molecule has 2 aromatic carbocycles. The molecule has 0 bridgehead atoms. The third kappa shape index (κ3) is 4.93. The first-order valence-corrected chi connectivity index (χ1v) is 13.4. The molecule has 11 heteroatoms. The van der Waals surface area contributed by atoms with Gasteiger partial charge in [-0.05, 0) is 42.0 Å². The van der Waals surface area contributed by atoms with E-state index in [0.717, 1.165) is 16.4 Å². The molecule has 1 aliphatic heterocycles. The second-order valence-electron chi connectivity index (χ2n) is 8.34. The number of hydrogen-bond donors (Lipinski definition) is 0. The number of halogens is 2. The Hall–Kier alpha value is -3.80. The van der Waals surface area contributed by atoms with Gasteiger partial charge in [0.05, 0.1) is 16.2 Å². The number of anilines is 1. The van der Waals surface area contributed by atoms with Gasteiger partial charge >= 0.3 is 0 Å². The highest BCUT2D eigenvalue weighted by Gasteiger charge is 2.33. The van der Waals surface area contributed by atoms with Crippen LogP contribution in [0.4, 0.5) is 14.5 Å². The molecule has 188 valence electrons. The lowest BCUT2D eigenvalue weighted by Gasteiger charge is -2.23. The predicted molar refractivity (Wildman–Crippen MR) is 137 cm³/mol. The fraction of sp³-hybridized carbons (Fsp3) is 0.115. The maximum Gasteiger partial charge on any atom is 0.258 e. The summed E-state index contributed by atoms with van der Waals surface area (Å²) in [6.45, 7) is -0.425. The molecule has 0 spiro atoms. The van der Waals surface area contributed by atoms with E-state index in [1.54, 1.807) is 49.1 Å². The lowest BCUT2D eigenvalue weighted by Crippen LogP contribution is -2.30. The second kappa shape index (κ2) is 9.92. The fourth-order valence-corrected chi connectivity index (χ4v) is 6.07. The number of nitrogens with zero attached hydrogens (tertiary/aromatic N) is 4. The number of likely N-dealkylation sites (N-methyl/N-ethyl adjacent to an activating group) is 1. The van der Waals surface area contributed by atoms with Gasteiger partial charge < -0.3 is 4.90 Å². The molecule has 2 aromatic heterocycles. The summed E-state index contributed by atoms with van der Waals surface area (Å²) in [6, 6.07) is 10.8. The normalized spacial score (nSPS) is 14.5. The van der Waals surface area contributed by atoms with Crippen LogP contribution in [0.25, 0.3) is 11.6 Å². The molecule has 1 amide bonds. The number of fused-ring (bicyclic) bond motifs is 1. The van der Waals surface area contributed by atoms with Crippen LogP contribution in [0.1, 0.15) is 21.7 Å². The highest BCUT2D eigenvalue weighted by atomic mass is 32.2. The minimum Gasteiger partial charge on any atom is -0.311 e. The summed E-state index contributed by atoms with van der Waals surface area (Å²) in [5.41, 5.74) is 1.96. The summed E-state index contributed by atoms with van der Waals surface area (Å²) < 4.78 is 56.9. The van der Waals surface area contributed by atoms with Crippen LogP contribution in [0, 0.1) is 11.6 Å². The molecular formula is C26H20F2N4O3S2. The van der Waals surface area contributed by atoms with Gasteiger partial charge in [-0.1, -0.05) is 12.1 Å². The number of amides is 1. The zero-order valence-electron chi connectivity index (χ0n) is 19.5. The van der Waals surface area contributed by atoms with Crippen molar-refractivity contribution in [2.45, 2.75) is 18.0 Å². The predicted octanol–water partition coefficient (Wildman–Crippen LogP) is 4.72.